The first kappa shape index (κ1) is 15.9. The molecule has 0 unspecified atom stereocenters. The number of nitrogens with one attached hydrogen (secondary N) is 2. The van der Waals surface area contributed by atoms with Crippen molar-refractivity contribution in [1.29, 1.82) is 0 Å². The summed E-state index contributed by atoms with van der Waals surface area (Å²) in [4.78, 5) is 17.5. The van der Waals surface area contributed by atoms with E-state index in [0.717, 1.165) is 23.2 Å². The van der Waals surface area contributed by atoms with Crippen LogP contribution < -0.4 is 10.1 Å². The molecule has 1 amide bonds. The van der Waals surface area contributed by atoms with Crippen LogP contribution in [0.3, 0.4) is 0 Å². The summed E-state index contributed by atoms with van der Waals surface area (Å²) in [6, 6.07) is 7.13. The summed E-state index contributed by atoms with van der Waals surface area (Å²) in [6.45, 7) is 1.40. The van der Waals surface area contributed by atoms with Gasteiger partial charge >= 0.3 is 6.18 Å². The molecular weight excluding hydrogens is 323 g/mol. The number of anilines is 1. The second kappa shape index (κ2) is 5.88. The minimum atomic E-state index is -4.49. The van der Waals surface area contributed by atoms with Crippen LogP contribution in [0.1, 0.15) is 12.6 Å². The highest BCUT2D eigenvalue weighted by atomic mass is 19.4. The van der Waals surface area contributed by atoms with E-state index in [-0.39, 0.29) is 11.7 Å². The molecule has 3 rings (SSSR count). The predicted molar refractivity (Wildman–Crippen MR) is 81.9 cm³/mol. The standard InChI is InChI=1S/C16H12F3N3O2/c1-9(23)22-14-8-20-13-4-2-10(6-12(13)14)24-11-3-5-15(21-7-11)16(17,18)19/h2-8,20H,1H3,(H,22,23). The first-order valence-electron chi connectivity index (χ1n) is 6.93. The van der Waals surface area contributed by atoms with E-state index >= 15 is 0 Å². The van der Waals surface area contributed by atoms with Gasteiger partial charge in [-0.25, -0.2) is 4.98 Å². The van der Waals surface area contributed by atoms with Crippen LogP contribution in [0.5, 0.6) is 11.5 Å². The van der Waals surface area contributed by atoms with Crippen molar-refractivity contribution in [2.24, 2.45) is 0 Å². The van der Waals surface area contributed by atoms with E-state index in [2.05, 4.69) is 15.3 Å². The fourth-order valence-electron chi connectivity index (χ4n) is 2.20. The second-order valence-corrected chi connectivity index (χ2v) is 5.07. The number of nitrogens with zero attached hydrogens (tertiary/aromatic N) is 1. The molecule has 1 aromatic carbocycles. The van der Waals surface area contributed by atoms with Crippen LogP contribution in [0.4, 0.5) is 18.9 Å². The number of carbonyl (C=O) groups is 1. The summed E-state index contributed by atoms with van der Waals surface area (Å²) in [5.41, 5.74) is 0.397. The van der Waals surface area contributed by atoms with Crippen LogP contribution in [-0.4, -0.2) is 15.9 Å². The van der Waals surface area contributed by atoms with Crippen LogP contribution in [0, 0.1) is 0 Å². The maximum absolute atomic E-state index is 12.5. The van der Waals surface area contributed by atoms with Crippen molar-refractivity contribution in [2.75, 3.05) is 5.32 Å². The van der Waals surface area contributed by atoms with Crippen LogP contribution in [-0.2, 0) is 11.0 Å². The number of pyridine rings is 1. The van der Waals surface area contributed by atoms with Crippen molar-refractivity contribution in [2.45, 2.75) is 13.1 Å². The van der Waals surface area contributed by atoms with Crippen LogP contribution in [0.15, 0.2) is 42.7 Å². The van der Waals surface area contributed by atoms with E-state index in [0.29, 0.717) is 11.4 Å². The molecule has 0 aliphatic carbocycles. The molecule has 3 aromatic rings. The largest absolute Gasteiger partial charge is 0.456 e. The highest BCUT2D eigenvalue weighted by molar-refractivity contribution is 6.01. The van der Waals surface area contributed by atoms with Gasteiger partial charge in [-0.15, -0.1) is 0 Å². The predicted octanol–water partition coefficient (Wildman–Crippen LogP) is 4.33. The minimum absolute atomic E-state index is 0.180. The summed E-state index contributed by atoms with van der Waals surface area (Å²) in [5, 5.41) is 3.40. The monoisotopic (exact) mass is 335 g/mol. The lowest BCUT2D eigenvalue weighted by Gasteiger charge is -2.08. The molecule has 0 bridgehead atoms. The third-order valence-electron chi connectivity index (χ3n) is 3.23. The maximum Gasteiger partial charge on any atom is 0.433 e. The number of amides is 1. The zero-order valence-corrected chi connectivity index (χ0v) is 12.4. The number of aromatic nitrogens is 2. The Kier molecular flexibility index (Phi) is 3.88. The molecule has 0 saturated heterocycles. The van der Waals surface area contributed by atoms with Crippen molar-refractivity contribution in [3.8, 4) is 11.5 Å². The Morgan fingerprint density at radius 3 is 2.58 bits per heavy atom. The number of benzene rings is 1. The average molecular weight is 335 g/mol. The number of hydrogen-bond acceptors (Lipinski definition) is 3. The summed E-state index contributed by atoms with van der Waals surface area (Å²) >= 11 is 0. The van der Waals surface area contributed by atoms with Gasteiger partial charge in [0.15, 0.2) is 0 Å². The highest BCUT2D eigenvalue weighted by Crippen LogP contribution is 2.31. The molecule has 0 atom stereocenters. The number of H-pyrrole nitrogens is 1. The fraction of sp³-hybridized carbons (Fsp3) is 0.125. The smallest absolute Gasteiger partial charge is 0.433 e. The molecule has 8 heteroatoms. The van der Waals surface area contributed by atoms with E-state index in [9.17, 15) is 18.0 Å². The number of ether oxygens (including phenoxy) is 1. The molecule has 2 aromatic heterocycles. The normalized spacial score (nSPS) is 11.5. The number of fused-ring (bicyclic) bond motifs is 1. The molecular formula is C16H12F3N3O2. The lowest BCUT2D eigenvalue weighted by atomic mass is 10.2. The molecule has 0 radical (unpaired) electrons. The third-order valence-corrected chi connectivity index (χ3v) is 3.23. The lowest BCUT2D eigenvalue weighted by Crippen LogP contribution is -2.07. The van der Waals surface area contributed by atoms with Crippen molar-refractivity contribution >= 4 is 22.5 Å². The lowest BCUT2D eigenvalue weighted by molar-refractivity contribution is -0.141. The molecule has 2 N–H and O–H groups in total. The van der Waals surface area contributed by atoms with E-state index in [1.54, 1.807) is 24.4 Å². The molecule has 5 nitrogen and oxygen atoms in total. The number of alkyl halides is 3. The summed E-state index contributed by atoms with van der Waals surface area (Å²) in [6.07, 6.45) is -1.83. The molecule has 0 aliphatic rings. The van der Waals surface area contributed by atoms with Crippen molar-refractivity contribution in [1.82, 2.24) is 9.97 Å². The molecule has 24 heavy (non-hydrogen) atoms. The summed E-state index contributed by atoms with van der Waals surface area (Å²) in [7, 11) is 0. The highest BCUT2D eigenvalue weighted by Gasteiger charge is 2.32. The quantitative estimate of drug-likeness (QED) is 0.748. The Bertz CT molecular complexity index is 886. The third kappa shape index (κ3) is 3.32. The number of rotatable bonds is 3. The number of hydrogen-bond donors (Lipinski definition) is 2. The van der Waals surface area contributed by atoms with Gasteiger partial charge in [-0.3, -0.25) is 4.79 Å². The molecule has 0 fully saturated rings. The maximum atomic E-state index is 12.5. The molecule has 0 aliphatic heterocycles. The second-order valence-electron chi connectivity index (χ2n) is 5.07. The van der Waals surface area contributed by atoms with Crippen LogP contribution in [0.25, 0.3) is 10.9 Å². The minimum Gasteiger partial charge on any atom is -0.456 e. The molecule has 0 spiro atoms. The Balaban J connectivity index is 1.86. The van der Waals surface area contributed by atoms with E-state index in [4.69, 9.17) is 4.74 Å². The summed E-state index contributed by atoms with van der Waals surface area (Å²) in [5.74, 6) is 0.378. The van der Waals surface area contributed by atoms with Gasteiger partial charge in [-0.2, -0.15) is 13.2 Å². The zero-order valence-electron chi connectivity index (χ0n) is 12.4. The van der Waals surface area contributed by atoms with Crippen molar-refractivity contribution < 1.29 is 22.7 Å². The Hall–Kier alpha value is -3.03. The Morgan fingerprint density at radius 2 is 1.96 bits per heavy atom. The number of carbonyl (C=O) groups excluding carboxylic acids is 1. The van der Waals surface area contributed by atoms with E-state index in [1.807, 2.05) is 0 Å². The topological polar surface area (TPSA) is 67.0 Å². The molecule has 124 valence electrons. The van der Waals surface area contributed by atoms with Crippen molar-refractivity contribution in [3.63, 3.8) is 0 Å². The Morgan fingerprint density at radius 1 is 1.21 bits per heavy atom. The van der Waals surface area contributed by atoms with Gasteiger partial charge in [0, 0.05) is 24.0 Å². The van der Waals surface area contributed by atoms with E-state index in [1.165, 1.54) is 13.0 Å². The van der Waals surface area contributed by atoms with Gasteiger partial charge in [0.25, 0.3) is 0 Å². The van der Waals surface area contributed by atoms with Gasteiger partial charge in [-0.05, 0) is 30.3 Å². The average Bonchev–Trinajstić information content (AvgIpc) is 2.89. The first-order valence-corrected chi connectivity index (χ1v) is 6.93. The fourth-order valence-corrected chi connectivity index (χ4v) is 2.20. The molecule has 2 heterocycles. The van der Waals surface area contributed by atoms with Gasteiger partial charge in [-0.1, -0.05) is 0 Å². The van der Waals surface area contributed by atoms with Crippen molar-refractivity contribution in [3.05, 3.63) is 48.4 Å². The summed E-state index contributed by atoms with van der Waals surface area (Å²) < 4.78 is 43.0. The Labute approximate surface area is 134 Å². The van der Waals surface area contributed by atoms with Crippen LogP contribution in [0.2, 0.25) is 0 Å². The zero-order chi connectivity index (χ0) is 17.3. The molecule has 0 saturated carbocycles. The number of aromatic amines is 1. The first-order chi connectivity index (χ1) is 11.3. The number of halogens is 3. The SMILES string of the molecule is CC(=O)Nc1c[nH]c2ccc(Oc3ccc(C(F)(F)F)nc3)cc12. The van der Waals surface area contributed by atoms with Gasteiger partial charge < -0.3 is 15.0 Å². The van der Waals surface area contributed by atoms with E-state index < -0.39 is 11.9 Å². The van der Waals surface area contributed by atoms with Crippen LogP contribution >= 0.6 is 0 Å². The van der Waals surface area contributed by atoms with Gasteiger partial charge in [0.2, 0.25) is 5.91 Å². The van der Waals surface area contributed by atoms with Gasteiger partial charge in [0.1, 0.15) is 17.2 Å². The van der Waals surface area contributed by atoms with Gasteiger partial charge in [0.05, 0.1) is 11.9 Å².